The van der Waals surface area contributed by atoms with Crippen LogP contribution in [0.5, 0.6) is 0 Å². The second-order valence-electron chi connectivity index (χ2n) is 18.7. The summed E-state index contributed by atoms with van der Waals surface area (Å²) < 4.78 is 0. The number of fused-ring (bicyclic) bond motifs is 4. The number of nitrogens with zero attached hydrogens (tertiary/aromatic N) is 3. The minimum atomic E-state index is 1.11. The molecule has 13 rings (SSSR count). The van der Waals surface area contributed by atoms with Crippen LogP contribution >= 0.6 is 0 Å². The van der Waals surface area contributed by atoms with Crippen molar-refractivity contribution < 1.29 is 0 Å². The minimum absolute atomic E-state index is 1.11. The Labute approximate surface area is 426 Å². The van der Waals surface area contributed by atoms with E-state index in [0.29, 0.717) is 0 Å². The maximum absolute atomic E-state index is 2.36. The first kappa shape index (κ1) is 43.3. The Balaban J connectivity index is 0.778. The summed E-state index contributed by atoms with van der Waals surface area (Å²) in [4.78, 5) is 7.02. The van der Waals surface area contributed by atoms with Crippen LogP contribution in [0.3, 0.4) is 0 Å². The van der Waals surface area contributed by atoms with Crippen LogP contribution in [0, 0.1) is 0 Å². The molecule has 0 N–H and O–H groups in total. The lowest BCUT2D eigenvalue weighted by Gasteiger charge is -2.26. The molecule has 0 unspecified atom stereocenters. The normalized spacial score (nSPS) is 11.3. The zero-order valence-electron chi connectivity index (χ0n) is 40.1. The highest BCUT2D eigenvalue weighted by molar-refractivity contribution is 5.96. The summed E-state index contributed by atoms with van der Waals surface area (Å²) in [6, 6.07) is 108. The maximum atomic E-state index is 2.36. The Morgan fingerprint density at radius 1 is 0.137 bits per heavy atom. The van der Waals surface area contributed by atoms with Crippen molar-refractivity contribution in [3.8, 4) is 22.3 Å². The highest BCUT2D eigenvalue weighted by Gasteiger charge is 2.17. The second-order valence-corrected chi connectivity index (χ2v) is 18.7. The quantitative estimate of drug-likeness (QED) is 0.128. The third kappa shape index (κ3) is 8.60. The molecule has 0 aromatic heterocycles. The lowest BCUT2D eigenvalue weighted by Crippen LogP contribution is -2.09. The molecule has 0 amide bonds. The van der Waals surface area contributed by atoms with E-state index < -0.39 is 0 Å². The summed E-state index contributed by atoms with van der Waals surface area (Å²) in [6.07, 6.45) is 0. The SMILES string of the molecule is c1ccc(N(c2ccc(-c3ccc4cc(N(c5ccccc5)c5ccc6cc(-c7ccc(N(c8ccccc8)c8ccc9ccccc9c8)cc7)ccc6c5)ccc4c3)cc2)c2ccc3ccccc3c2)cc1. The van der Waals surface area contributed by atoms with E-state index in [9.17, 15) is 0 Å². The van der Waals surface area contributed by atoms with Crippen molar-refractivity contribution in [3.63, 3.8) is 0 Å². The fourth-order valence-corrected chi connectivity index (χ4v) is 10.4. The van der Waals surface area contributed by atoms with E-state index in [4.69, 9.17) is 0 Å². The smallest absolute Gasteiger partial charge is 0.0468 e. The predicted octanol–water partition coefficient (Wildman–Crippen LogP) is 20.0. The summed E-state index contributed by atoms with van der Waals surface area (Å²) in [5, 5.41) is 9.67. The molecular formula is C70H49N3. The van der Waals surface area contributed by atoms with Gasteiger partial charge in [0.15, 0.2) is 0 Å². The zero-order valence-corrected chi connectivity index (χ0v) is 40.1. The van der Waals surface area contributed by atoms with Gasteiger partial charge in [0.1, 0.15) is 0 Å². The lowest BCUT2D eigenvalue weighted by molar-refractivity contribution is 1.29. The zero-order chi connectivity index (χ0) is 48.5. The molecule has 0 spiro atoms. The van der Waals surface area contributed by atoms with E-state index >= 15 is 0 Å². The summed E-state index contributed by atoms with van der Waals surface area (Å²) in [6.45, 7) is 0. The molecule has 0 bridgehead atoms. The highest BCUT2D eigenvalue weighted by Crippen LogP contribution is 2.42. The standard InChI is InChI=1S/C70H49N3/c1-4-18-62(19-5-1)71(67-40-32-50-14-10-12-16-54(50)46-67)65-36-28-52(29-37-65)56-24-26-60-48-69(42-34-58(60)44-56)73(64-22-8-3-9-23-64)70-43-35-59-45-57(25-27-61(59)49-70)53-30-38-66(39-31-53)72(63-20-6-2-7-21-63)68-41-33-51-15-11-13-17-55(51)47-68/h1-49H. The number of hydrogen-bond acceptors (Lipinski definition) is 3. The molecule has 3 nitrogen and oxygen atoms in total. The van der Waals surface area contributed by atoms with Crippen molar-refractivity contribution in [3.05, 3.63) is 297 Å². The predicted molar refractivity (Wildman–Crippen MR) is 311 cm³/mol. The molecule has 0 radical (unpaired) electrons. The molecule has 0 fully saturated rings. The van der Waals surface area contributed by atoms with Gasteiger partial charge in [0, 0.05) is 51.2 Å². The molecular weight excluding hydrogens is 883 g/mol. The number of para-hydroxylation sites is 3. The van der Waals surface area contributed by atoms with Gasteiger partial charge in [-0.2, -0.15) is 0 Å². The van der Waals surface area contributed by atoms with Crippen LogP contribution in [-0.4, -0.2) is 0 Å². The number of anilines is 9. The van der Waals surface area contributed by atoms with Gasteiger partial charge in [-0.15, -0.1) is 0 Å². The van der Waals surface area contributed by atoms with Gasteiger partial charge in [-0.25, -0.2) is 0 Å². The van der Waals surface area contributed by atoms with Gasteiger partial charge in [-0.05, 0) is 187 Å². The fourth-order valence-electron chi connectivity index (χ4n) is 10.4. The minimum Gasteiger partial charge on any atom is -0.310 e. The van der Waals surface area contributed by atoms with E-state index in [0.717, 1.165) is 51.2 Å². The molecule has 0 saturated carbocycles. The van der Waals surface area contributed by atoms with Crippen LogP contribution < -0.4 is 14.7 Å². The Morgan fingerprint density at radius 3 is 0.712 bits per heavy atom. The first-order valence-corrected chi connectivity index (χ1v) is 25.0. The van der Waals surface area contributed by atoms with Crippen LogP contribution in [0.4, 0.5) is 51.2 Å². The third-order valence-electron chi connectivity index (χ3n) is 14.1. The number of rotatable bonds is 11. The first-order valence-electron chi connectivity index (χ1n) is 25.0. The van der Waals surface area contributed by atoms with Crippen molar-refractivity contribution in [2.24, 2.45) is 0 Å². The van der Waals surface area contributed by atoms with Crippen LogP contribution in [0.1, 0.15) is 0 Å². The van der Waals surface area contributed by atoms with Gasteiger partial charge in [0.05, 0.1) is 0 Å². The second kappa shape index (κ2) is 18.9. The van der Waals surface area contributed by atoms with Gasteiger partial charge < -0.3 is 14.7 Å². The van der Waals surface area contributed by atoms with E-state index in [1.54, 1.807) is 0 Å². The summed E-state index contributed by atoms with van der Waals surface area (Å²) in [7, 11) is 0. The van der Waals surface area contributed by atoms with Gasteiger partial charge in [0.2, 0.25) is 0 Å². The average molecular weight is 932 g/mol. The average Bonchev–Trinajstić information content (AvgIpc) is 3.46. The molecule has 0 heterocycles. The summed E-state index contributed by atoms with van der Waals surface area (Å²) in [5.74, 6) is 0. The topological polar surface area (TPSA) is 9.72 Å². The molecule has 0 atom stereocenters. The molecule has 73 heavy (non-hydrogen) atoms. The van der Waals surface area contributed by atoms with E-state index in [2.05, 4.69) is 312 Å². The Kier molecular flexibility index (Phi) is 11.2. The van der Waals surface area contributed by atoms with E-state index in [1.165, 1.54) is 65.3 Å². The number of benzene rings is 13. The largest absolute Gasteiger partial charge is 0.310 e. The monoisotopic (exact) mass is 931 g/mol. The number of hydrogen-bond donors (Lipinski definition) is 0. The van der Waals surface area contributed by atoms with Gasteiger partial charge in [0.25, 0.3) is 0 Å². The molecule has 0 aliphatic carbocycles. The van der Waals surface area contributed by atoms with Crippen LogP contribution in [0.2, 0.25) is 0 Å². The van der Waals surface area contributed by atoms with Gasteiger partial charge in [-0.1, -0.05) is 176 Å². The Hall–Kier alpha value is -9.70. The van der Waals surface area contributed by atoms with Crippen LogP contribution in [0.15, 0.2) is 297 Å². The molecule has 3 heteroatoms. The van der Waals surface area contributed by atoms with Gasteiger partial charge in [-0.3, -0.25) is 0 Å². The molecule has 0 saturated heterocycles. The fraction of sp³-hybridized carbons (Fsp3) is 0. The van der Waals surface area contributed by atoms with Crippen LogP contribution in [0.25, 0.3) is 65.3 Å². The first-order chi connectivity index (χ1) is 36.1. The van der Waals surface area contributed by atoms with Crippen molar-refractivity contribution in [1.29, 1.82) is 0 Å². The van der Waals surface area contributed by atoms with Crippen molar-refractivity contribution in [2.45, 2.75) is 0 Å². The molecule has 13 aromatic rings. The Morgan fingerprint density at radius 2 is 0.356 bits per heavy atom. The highest BCUT2D eigenvalue weighted by atomic mass is 15.2. The van der Waals surface area contributed by atoms with E-state index in [-0.39, 0.29) is 0 Å². The van der Waals surface area contributed by atoms with Crippen molar-refractivity contribution >= 4 is 94.3 Å². The van der Waals surface area contributed by atoms with E-state index in [1.807, 2.05) is 0 Å². The molecule has 0 aliphatic rings. The third-order valence-corrected chi connectivity index (χ3v) is 14.1. The Bertz CT molecular complexity index is 3830. The van der Waals surface area contributed by atoms with Crippen molar-refractivity contribution in [2.75, 3.05) is 14.7 Å². The van der Waals surface area contributed by atoms with Crippen molar-refractivity contribution in [1.82, 2.24) is 0 Å². The summed E-state index contributed by atoms with van der Waals surface area (Å²) >= 11 is 0. The lowest BCUT2D eigenvalue weighted by atomic mass is 9.99. The molecule has 0 aliphatic heterocycles. The maximum Gasteiger partial charge on any atom is 0.0468 e. The van der Waals surface area contributed by atoms with Crippen LogP contribution in [-0.2, 0) is 0 Å². The molecule has 344 valence electrons. The van der Waals surface area contributed by atoms with Gasteiger partial charge >= 0.3 is 0 Å². The molecule has 13 aromatic carbocycles. The summed E-state index contributed by atoms with van der Waals surface area (Å²) in [5.41, 5.74) is 14.8.